The normalized spacial score (nSPS) is 24.0. The molecule has 2 atom stereocenters. The first-order chi connectivity index (χ1) is 8.61. The van der Waals surface area contributed by atoms with Gasteiger partial charge in [-0.1, -0.05) is 13.3 Å². The van der Waals surface area contributed by atoms with Crippen molar-refractivity contribution in [3.63, 3.8) is 0 Å². The van der Waals surface area contributed by atoms with E-state index in [1.807, 2.05) is 12.1 Å². The highest BCUT2D eigenvalue weighted by molar-refractivity contribution is 5.51. The van der Waals surface area contributed by atoms with E-state index in [1.165, 1.54) is 19.3 Å². The molecule has 18 heavy (non-hydrogen) atoms. The zero-order valence-electron chi connectivity index (χ0n) is 11.0. The molecule has 0 aliphatic carbocycles. The molecule has 4 heteroatoms. The van der Waals surface area contributed by atoms with Crippen molar-refractivity contribution in [3.05, 3.63) is 34.4 Å². The monoisotopic (exact) mass is 248 g/mol. The summed E-state index contributed by atoms with van der Waals surface area (Å²) in [4.78, 5) is 12.7. The van der Waals surface area contributed by atoms with Crippen LogP contribution in [0.2, 0.25) is 0 Å². The minimum atomic E-state index is -0.349. The van der Waals surface area contributed by atoms with Crippen LogP contribution in [0.3, 0.4) is 0 Å². The predicted molar refractivity (Wildman–Crippen MR) is 72.9 cm³/mol. The molecule has 1 saturated heterocycles. The van der Waals surface area contributed by atoms with Crippen LogP contribution < -0.4 is 4.90 Å². The van der Waals surface area contributed by atoms with E-state index in [2.05, 4.69) is 18.7 Å². The molecule has 2 rings (SSSR count). The van der Waals surface area contributed by atoms with Crippen molar-refractivity contribution < 1.29 is 4.92 Å². The number of anilines is 1. The number of rotatable bonds is 3. The molecule has 0 N–H and O–H groups in total. The van der Waals surface area contributed by atoms with E-state index in [-0.39, 0.29) is 10.6 Å². The Balaban J connectivity index is 2.16. The first kappa shape index (κ1) is 12.9. The number of nitrogens with zero attached hydrogens (tertiary/aromatic N) is 2. The molecule has 1 aliphatic heterocycles. The Morgan fingerprint density at radius 1 is 1.33 bits per heavy atom. The lowest BCUT2D eigenvalue weighted by Gasteiger charge is -2.39. The van der Waals surface area contributed by atoms with Crippen molar-refractivity contribution in [2.24, 2.45) is 5.92 Å². The molecule has 0 aromatic heterocycles. The van der Waals surface area contributed by atoms with Gasteiger partial charge in [0.2, 0.25) is 0 Å². The second-order valence-electron chi connectivity index (χ2n) is 5.13. The van der Waals surface area contributed by atoms with Crippen LogP contribution in [0.15, 0.2) is 24.3 Å². The number of benzene rings is 1. The zero-order chi connectivity index (χ0) is 13.1. The highest BCUT2D eigenvalue weighted by Gasteiger charge is 2.24. The fourth-order valence-electron chi connectivity index (χ4n) is 2.64. The van der Waals surface area contributed by atoms with Crippen molar-refractivity contribution in [3.8, 4) is 0 Å². The van der Waals surface area contributed by atoms with Crippen molar-refractivity contribution in [1.82, 2.24) is 0 Å². The van der Waals surface area contributed by atoms with Gasteiger partial charge in [-0.05, 0) is 37.8 Å². The highest BCUT2D eigenvalue weighted by atomic mass is 16.6. The first-order valence-corrected chi connectivity index (χ1v) is 6.63. The molecule has 4 nitrogen and oxygen atoms in total. The van der Waals surface area contributed by atoms with Gasteiger partial charge in [0.1, 0.15) is 0 Å². The molecule has 98 valence electrons. The maximum absolute atomic E-state index is 10.6. The fourth-order valence-corrected chi connectivity index (χ4v) is 2.64. The Morgan fingerprint density at radius 3 is 2.56 bits per heavy atom. The quantitative estimate of drug-likeness (QED) is 0.606. The Morgan fingerprint density at radius 2 is 2.00 bits per heavy atom. The van der Waals surface area contributed by atoms with Gasteiger partial charge in [-0.25, -0.2) is 0 Å². The van der Waals surface area contributed by atoms with Crippen LogP contribution in [0.5, 0.6) is 0 Å². The van der Waals surface area contributed by atoms with Crippen molar-refractivity contribution in [2.45, 2.75) is 39.2 Å². The van der Waals surface area contributed by atoms with Crippen molar-refractivity contribution in [2.75, 3.05) is 11.4 Å². The van der Waals surface area contributed by atoms with E-state index in [9.17, 15) is 10.1 Å². The topological polar surface area (TPSA) is 46.4 Å². The van der Waals surface area contributed by atoms with Crippen molar-refractivity contribution in [1.29, 1.82) is 0 Å². The molecule has 1 heterocycles. The van der Waals surface area contributed by atoms with Gasteiger partial charge >= 0.3 is 0 Å². The molecule has 1 fully saturated rings. The van der Waals surface area contributed by atoms with Gasteiger partial charge in [0.05, 0.1) is 4.92 Å². The second kappa shape index (κ2) is 5.38. The third kappa shape index (κ3) is 2.63. The van der Waals surface area contributed by atoms with Crippen LogP contribution in [0.4, 0.5) is 11.4 Å². The van der Waals surface area contributed by atoms with Gasteiger partial charge in [0.15, 0.2) is 0 Å². The van der Waals surface area contributed by atoms with Gasteiger partial charge < -0.3 is 4.90 Å². The number of piperidine rings is 1. The molecule has 1 aromatic rings. The lowest BCUT2D eigenvalue weighted by atomic mass is 9.91. The number of hydrogen-bond acceptors (Lipinski definition) is 3. The van der Waals surface area contributed by atoms with Crippen LogP contribution >= 0.6 is 0 Å². The van der Waals surface area contributed by atoms with E-state index in [4.69, 9.17) is 0 Å². The van der Waals surface area contributed by atoms with E-state index in [1.54, 1.807) is 12.1 Å². The van der Waals surface area contributed by atoms with E-state index in [0.29, 0.717) is 6.04 Å². The maximum atomic E-state index is 10.6. The summed E-state index contributed by atoms with van der Waals surface area (Å²) in [5.74, 6) is 0.747. The molecule has 2 unspecified atom stereocenters. The van der Waals surface area contributed by atoms with Gasteiger partial charge in [0.25, 0.3) is 5.69 Å². The Labute approximate surface area is 108 Å². The third-order valence-corrected chi connectivity index (χ3v) is 3.95. The van der Waals surface area contributed by atoms with E-state index in [0.717, 1.165) is 18.2 Å². The number of nitro groups is 1. The molecule has 0 saturated carbocycles. The first-order valence-electron chi connectivity index (χ1n) is 6.63. The molecule has 0 spiro atoms. The van der Waals surface area contributed by atoms with Gasteiger partial charge in [-0.3, -0.25) is 10.1 Å². The summed E-state index contributed by atoms with van der Waals surface area (Å²) in [5, 5.41) is 10.6. The average molecular weight is 248 g/mol. The van der Waals surface area contributed by atoms with Gasteiger partial charge in [-0.2, -0.15) is 0 Å². The summed E-state index contributed by atoms with van der Waals surface area (Å²) in [6, 6.07) is 7.45. The Kier molecular flexibility index (Phi) is 3.84. The largest absolute Gasteiger partial charge is 0.369 e. The summed E-state index contributed by atoms with van der Waals surface area (Å²) in [7, 11) is 0. The Bertz CT molecular complexity index is 416. The second-order valence-corrected chi connectivity index (χ2v) is 5.13. The summed E-state index contributed by atoms with van der Waals surface area (Å²) in [5.41, 5.74) is 1.27. The molecule has 0 radical (unpaired) electrons. The van der Waals surface area contributed by atoms with Crippen LogP contribution in [0, 0.1) is 16.0 Å². The summed E-state index contributed by atoms with van der Waals surface area (Å²) in [6.07, 6.45) is 3.70. The molecule has 1 aliphatic rings. The lowest BCUT2D eigenvalue weighted by molar-refractivity contribution is -0.384. The van der Waals surface area contributed by atoms with Crippen LogP contribution in [0.25, 0.3) is 0 Å². The lowest BCUT2D eigenvalue weighted by Crippen LogP contribution is -2.41. The van der Waals surface area contributed by atoms with E-state index >= 15 is 0 Å². The number of hydrogen-bond donors (Lipinski definition) is 0. The Hall–Kier alpha value is -1.58. The summed E-state index contributed by atoms with van der Waals surface area (Å²) >= 11 is 0. The van der Waals surface area contributed by atoms with Crippen LogP contribution in [0.1, 0.15) is 33.1 Å². The van der Waals surface area contributed by atoms with Crippen molar-refractivity contribution >= 4 is 11.4 Å². The summed E-state index contributed by atoms with van der Waals surface area (Å²) < 4.78 is 0. The maximum Gasteiger partial charge on any atom is 0.269 e. The standard InChI is InChI=1S/C14H20N2O2/c1-3-12-5-4-11(2)15(10-12)13-6-8-14(9-7-13)16(17)18/h6-9,11-12H,3-5,10H2,1-2H3. The fraction of sp³-hybridized carbons (Fsp3) is 0.571. The number of non-ortho nitro benzene ring substituents is 1. The molecule has 0 bridgehead atoms. The van der Waals surface area contributed by atoms with Gasteiger partial charge in [0, 0.05) is 30.4 Å². The molecular formula is C14H20N2O2. The summed E-state index contributed by atoms with van der Waals surface area (Å²) in [6.45, 7) is 5.53. The van der Waals surface area contributed by atoms with Crippen LogP contribution in [-0.4, -0.2) is 17.5 Å². The minimum absolute atomic E-state index is 0.162. The minimum Gasteiger partial charge on any atom is -0.369 e. The van der Waals surface area contributed by atoms with E-state index < -0.39 is 0 Å². The smallest absolute Gasteiger partial charge is 0.269 e. The number of nitro benzene ring substituents is 1. The molecular weight excluding hydrogens is 228 g/mol. The van der Waals surface area contributed by atoms with Gasteiger partial charge in [-0.15, -0.1) is 0 Å². The third-order valence-electron chi connectivity index (χ3n) is 3.95. The van der Waals surface area contributed by atoms with Crippen LogP contribution in [-0.2, 0) is 0 Å². The zero-order valence-corrected chi connectivity index (χ0v) is 11.0. The highest BCUT2D eigenvalue weighted by Crippen LogP contribution is 2.29. The predicted octanol–water partition coefficient (Wildman–Crippen LogP) is 3.61. The molecule has 0 amide bonds. The SMILES string of the molecule is CCC1CCC(C)N(c2ccc([N+](=O)[O-])cc2)C1. The molecule has 1 aromatic carbocycles. The average Bonchev–Trinajstić information content (AvgIpc) is 2.39.